The number of benzene rings is 2. The van der Waals surface area contributed by atoms with Gasteiger partial charge in [-0.05, 0) is 81.8 Å². The maximum Gasteiger partial charge on any atom is 0.258 e. The molecule has 1 aliphatic rings. The molecule has 0 aliphatic heterocycles. The van der Waals surface area contributed by atoms with E-state index in [1.807, 2.05) is 24.3 Å². The second-order valence-electron chi connectivity index (χ2n) is 6.63. The monoisotopic (exact) mass is 391 g/mol. The molecule has 0 spiro atoms. The summed E-state index contributed by atoms with van der Waals surface area (Å²) in [7, 11) is 0. The Hall–Kier alpha value is -2.63. The predicted octanol–water partition coefficient (Wildman–Crippen LogP) is 5.90. The number of H-pyrrole nitrogens is 1. The minimum atomic E-state index is -0.0562. The SMILES string of the molecule is O=c1cc(-c2ccc(O[C@@H]3CCc4c(-c5ccsc5)cccc43)cc2)s[nH]1. The molecule has 5 heteroatoms. The zero-order valence-corrected chi connectivity index (χ0v) is 16.1. The van der Waals surface area contributed by atoms with Crippen molar-refractivity contribution in [1.82, 2.24) is 4.37 Å². The van der Waals surface area contributed by atoms with Crippen molar-refractivity contribution < 1.29 is 4.74 Å². The average molecular weight is 392 g/mol. The Kier molecular flexibility index (Phi) is 4.19. The smallest absolute Gasteiger partial charge is 0.258 e. The molecule has 4 aromatic rings. The first-order chi connectivity index (χ1) is 13.3. The van der Waals surface area contributed by atoms with E-state index in [2.05, 4.69) is 39.4 Å². The van der Waals surface area contributed by atoms with E-state index in [4.69, 9.17) is 4.74 Å². The molecule has 1 aliphatic carbocycles. The summed E-state index contributed by atoms with van der Waals surface area (Å²) in [6.07, 6.45) is 2.13. The summed E-state index contributed by atoms with van der Waals surface area (Å²) in [6.45, 7) is 0. The highest BCUT2D eigenvalue weighted by Crippen LogP contribution is 2.40. The van der Waals surface area contributed by atoms with Crippen LogP contribution in [0.5, 0.6) is 5.75 Å². The van der Waals surface area contributed by atoms with Crippen LogP contribution in [0.4, 0.5) is 0 Å². The molecule has 0 saturated carbocycles. The Labute approximate surface area is 165 Å². The van der Waals surface area contributed by atoms with Crippen LogP contribution in [-0.4, -0.2) is 4.37 Å². The van der Waals surface area contributed by atoms with Gasteiger partial charge < -0.3 is 4.74 Å². The minimum Gasteiger partial charge on any atom is -0.486 e. The number of hydrogen-bond donors (Lipinski definition) is 1. The Morgan fingerprint density at radius 2 is 1.93 bits per heavy atom. The van der Waals surface area contributed by atoms with Gasteiger partial charge in [0.2, 0.25) is 0 Å². The number of fused-ring (bicyclic) bond motifs is 1. The van der Waals surface area contributed by atoms with Gasteiger partial charge in [-0.15, -0.1) is 0 Å². The molecular formula is C22H17NO2S2. The first-order valence-corrected chi connectivity index (χ1v) is 10.6. The summed E-state index contributed by atoms with van der Waals surface area (Å²) in [5.74, 6) is 0.861. The van der Waals surface area contributed by atoms with Crippen molar-refractivity contribution in [3.05, 3.63) is 86.8 Å². The summed E-state index contributed by atoms with van der Waals surface area (Å²) in [5.41, 5.74) is 6.31. The summed E-state index contributed by atoms with van der Waals surface area (Å²) < 4.78 is 9.03. The van der Waals surface area contributed by atoms with E-state index in [1.54, 1.807) is 17.4 Å². The topological polar surface area (TPSA) is 42.1 Å². The number of ether oxygens (including phenoxy) is 1. The molecule has 1 N–H and O–H groups in total. The van der Waals surface area contributed by atoms with E-state index < -0.39 is 0 Å². The fraction of sp³-hybridized carbons (Fsp3) is 0.136. The van der Waals surface area contributed by atoms with Crippen LogP contribution in [0.2, 0.25) is 0 Å². The van der Waals surface area contributed by atoms with E-state index in [0.717, 1.165) is 29.0 Å². The number of aromatic amines is 1. The molecule has 0 bridgehead atoms. The maximum absolute atomic E-state index is 11.3. The van der Waals surface area contributed by atoms with Crippen molar-refractivity contribution in [2.75, 3.05) is 0 Å². The Morgan fingerprint density at radius 3 is 2.67 bits per heavy atom. The molecule has 134 valence electrons. The highest BCUT2D eigenvalue weighted by atomic mass is 32.1. The van der Waals surface area contributed by atoms with Crippen LogP contribution in [0.15, 0.2) is 70.2 Å². The third-order valence-electron chi connectivity index (χ3n) is 4.99. The lowest BCUT2D eigenvalue weighted by molar-refractivity contribution is 0.207. The number of thiophene rings is 1. The molecule has 0 fully saturated rings. The number of rotatable bonds is 4. The van der Waals surface area contributed by atoms with Crippen molar-refractivity contribution in [2.24, 2.45) is 0 Å². The van der Waals surface area contributed by atoms with Crippen molar-refractivity contribution in [3.8, 4) is 27.3 Å². The first-order valence-electron chi connectivity index (χ1n) is 8.88. The quantitative estimate of drug-likeness (QED) is 0.471. The van der Waals surface area contributed by atoms with Gasteiger partial charge >= 0.3 is 0 Å². The van der Waals surface area contributed by atoms with Gasteiger partial charge in [-0.3, -0.25) is 9.17 Å². The maximum atomic E-state index is 11.3. The molecule has 2 aromatic heterocycles. The highest BCUT2D eigenvalue weighted by molar-refractivity contribution is 7.09. The average Bonchev–Trinajstić information content (AvgIpc) is 3.44. The van der Waals surface area contributed by atoms with E-state index in [-0.39, 0.29) is 11.7 Å². The zero-order chi connectivity index (χ0) is 18.2. The van der Waals surface area contributed by atoms with E-state index >= 15 is 0 Å². The lowest BCUT2D eigenvalue weighted by atomic mass is 9.99. The Bertz CT molecular complexity index is 1120. The normalized spacial score (nSPS) is 15.6. The van der Waals surface area contributed by atoms with Crippen LogP contribution < -0.4 is 10.3 Å². The highest BCUT2D eigenvalue weighted by Gasteiger charge is 2.26. The van der Waals surface area contributed by atoms with Gasteiger partial charge in [-0.2, -0.15) is 11.3 Å². The lowest BCUT2D eigenvalue weighted by Gasteiger charge is -2.16. The Morgan fingerprint density at radius 1 is 1.04 bits per heavy atom. The van der Waals surface area contributed by atoms with Crippen molar-refractivity contribution in [1.29, 1.82) is 0 Å². The molecule has 0 unspecified atom stereocenters. The third-order valence-corrected chi connectivity index (χ3v) is 6.55. The molecule has 1 atom stereocenters. The number of hydrogen-bond acceptors (Lipinski definition) is 4. The largest absolute Gasteiger partial charge is 0.486 e. The van der Waals surface area contributed by atoms with Crippen LogP contribution in [0, 0.1) is 0 Å². The van der Waals surface area contributed by atoms with E-state index in [9.17, 15) is 4.79 Å². The molecule has 0 saturated heterocycles. The summed E-state index contributed by atoms with van der Waals surface area (Å²) in [5, 5.41) is 4.33. The third kappa shape index (κ3) is 3.13. The van der Waals surface area contributed by atoms with Gasteiger partial charge in [0.05, 0.1) is 4.88 Å². The lowest BCUT2D eigenvalue weighted by Crippen LogP contribution is -2.03. The zero-order valence-electron chi connectivity index (χ0n) is 14.5. The van der Waals surface area contributed by atoms with Crippen LogP contribution in [0.1, 0.15) is 23.7 Å². The molecule has 5 rings (SSSR count). The fourth-order valence-electron chi connectivity index (χ4n) is 3.71. The van der Waals surface area contributed by atoms with E-state index in [1.165, 1.54) is 33.8 Å². The molecule has 27 heavy (non-hydrogen) atoms. The van der Waals surface area contributed by atoms with E-state index in [0.29, 0.717) is 0 Å². The van der Waals surface area contributed by atoms with Crippen LogP contribution in [0.25, 0.3) is 21.6 Å². The van der Waals surface area contributed by atoms with Gasteiger partial charge in [-0.1, -0.05) is 29.7 Å². The van der Waals surface area contributed by atoms with Gasteiger partial charge in [0, 0.05) is 6.07 Å². The molecular weight excluding hydrogens is 374 g/mol. The molecule has 2 heterocycles. The van der Waals surface area contributed by atoms with Gasteiger partial charge in [-0.25, -0.2) is 0 Å². The van der Waals surface area contributed by atoms with Crippen LogP contribution >= 0.6 is 22.9 Å². The first kappa shape index (κ1) is 16.5. The fourth-order valence-corrected chi connectivity index (χ4v) is 5.06. The summed E-state index contributed by atoms with van der Waals surface area (Å²) >= 11 is 3.09. The molecule has 2 aromatic carbocycles. The second-order valence-corrected chi connectivity index (χ2v) is 8.26. The van der Waals surface area contributed by atoms with Crippen LogP contribution in [-0.2, 0) is 6.42 Å². The molecule has 0 amide bonds. The Balaban J connectivity index is 1.39. The van der Waals surface area contributed by atoms with Gasteiger partial charge in [0.15, 0.2) is 0 Å². The number of aromatic nitrogens is 1. The van der Waals surface area contributed by atoms with Crippen molar-refractivity contribution >= 4 is 22.9 Å². The van der Waals surface area contributed by atoms with Gasteiger partial charge in [0.1, 0.15) is 11.9 Å². The minimum absolute atomic E-state index is 0.0562. The standard InChI is InChI=1S/C22H17NO2S2/c24-22-12-21(27-23-22)14-4-6-16(7-5-14)25-20-9-8-18-17(2-1-3-19(18)20)15-10-11-26-13-15/h1-7,10-13,20H,8-9H2,(H,23,24)/t20-/m1/s1. The summed E-state index contributed by atoms with van der Waals surface area (Å²) in [6, 6.07) is 18.3. The predicted molar refractivity (Wildman–Crippen MR) is 112 cm³/mol. The summed E-state index contributed by atoms with van der Waals surface area (Å²) in [4.78, 5) is 12.3. The number of nitrogens with one attached hydrogen (secondary N) is 1. The van der Waals surface area contributed by atoms with Gasteiger partial charge in [0.25, 0.3) is 5.56 Å². The second kappa shape index (κ2) is 6.83. The molecule has 0 radical (unpaired) electrons. The van der Waals surface area contributed by atoms with Crippen molar-refractivity contribution in [2.45, 2.75) is 18.9 Å². The van der Waals surface area contributed by atoms with Crippen molar-refractivity contribution in [3.63, 3.8) is 0 Å². The van der Waals surface area contributed by atoms with Crippen LogP contribution in [0.3, 0.4) is 0 Å². The molecule has 3 nitrogen and oxygen atoms in total.